The summed E-state index contributed by atoms with van der Waals surface area (Å²) in [6, 6.07) is 9.13. The van der Waals surface area contributed by atoms with Crippen LogP contribution < -0.4 is 23.8 Å². The Morgan fingerprint density at radius 3 is 2.51 bits per heavy atom. The molecule has 1 aliphatic rings. The summed E-state index contributed by atoms with van der Waals surface area (Å²) in [7, 11) is 3.16. The van der Waals surface area contributed by atoms with Gasteiger partial charge < -0.3 is 0 Å². The van der Waals surface area contributed by atoms with E-state index in [-0.39, 0.29) is 21.6 Å². The summed E-state index contributed by atoms with van der Waals surface area (Å²) < 4.78 is 44.5. The van der Waals surface area contributed by atoms with Crippen molar-refractivity contribution in [3.05, 3.63) is 52.7 Å². The van der Waals surface area contributed by atoms with Crippen LogP contribution in [0.1, 0.15) is 24.5 Å². The Labute approximate surface area is 277 Å². The molecule has 0 bridgehead atoms. The van der Waals surface area contributed by atoms with E-state index in [2.05, 4.69) is 27.3 Å². The van der Waals surface area contributed by atoms with Gasteiger partial charge in [0.2, 0.25) is 0 Å². The molecule has 0 spiro atoms. The van der Waals surface area contributed by atoms with Crippen LogP contribution in [0.25, 0.3) is 0 Å². The molecule has 2 aromatic carbocycles. The van der Waals surface area contributed by atoms with Crippen molar-refractivity contribution in [2.45, 2.75) is 31.1 Å². The van der Waals surface area contributed by atoms with Crippen molar-refractivity contribution < 1.29 is 27.4 Å². The maximum absolute atomic E-state index is 13.2. The number of halogens is 1. The van der Waals surface area contributed by atoms with E-state index < -0.39 is 25.6 Å². The first-order chi connectivity index (χ1) is 21.5. The molecule has 11 nitrogen and oxygen atoms in total. The van der Waals surface area contributed by atoms with Gasteiger partial charge in [-0.05, 0) is 0 Å². The zero-order valence-electron chi connectivity index (χ0n) is 26.3. The molecule has 1 radical (unpaired) electrons. The molecule has 1 amide bonds. The molecule has 14 heteroatoms. The van der Waals surface area contributed by atoms with Crippen molar-refractivity contribution in [1.29, 1.82) is 0 Å². The number of carbonyl (C=O) groups excluding carboxylic acids is 1. The van der Waals surface area contributed by atoms with E-state index in [1.807, 2.05) is 6.92 Å². The van der Waals surface area contributed by atoms with Crippen LogP contribution in [0.15, 0.2) is 41.4 Å². The summed E-state index contributed by atoms with van der Waals surface area (Å²) in [5.74, 6) is 1.59. The number of methoxy groups -OCH3 is 2. The Morgan fingerprint density at radius 1 is 1.11 bits per heavy atom. The van der Waals surface area contributed by atoms with Gasteiger partial charge in [0.15, 0.2) is 0 Å². The number of ether oxygens (including phenoxy) is 3. The topological polar surface area (TPSA) is 123 Å². The van der Waals surface area contributed by atoms with Crippen LogP contribution in [0.3, 0.4) is 0 Å². The van der Waals surface area contributed by atoms with Crippen molar-refractivity contribution in [3.63, 3.8) is 0 Å². The number of hydrogen-bond acceptors (Lipinski definition) is 10. The number of likely N-dealkylation sites (N-methyl/N-ethyl adjacent to an activating group) is 1. The zero-order valence-corrected chi connectivity index (χ0v) is 29.7. The van der Waals surface area contributed by atoms with Crippen LogP contribution in [0.5, 0.6) is 11.5 Å². The first-order valence-electron chi connectivity index (χ1n) is 14.7. The third-order valence-electron chi connectivity index (χ3n) is 7.28. The van der Waals surface area contributed by atoms with Gasteiger partial charge in [0.1, 0.15) is 0 Å². The summed E-state index contributed by atoms with van der Waals surface area (Å²) in [6.07, 6.45) is 3.64. The quantitative estimate of drug-likeness (QED) is 0.196. The average molecular weight is 721 g/mol. The van der Waals surface area contributed by atoms with Crippen molar-refractivity contribution in [1.82, 2.24) is 19.8 Å². The summed E-state index contributed by atoms with van der Waals surface area (Å²) in [4.78, 5) is 25.4. The Bertz CT molecular complexity index is 1610. The van der Waals surface area contributed by atoms with Gasteiger partial charge in [-0.2, -0.15) is 0 Å². The molecule has 4 rings (SSSR count). The van der Waals surface area contributed by atoms with Crippen molar-refractivity contribution in [3.8, 4) is 11.5 Å². The average Bonchev–Trinajstić information content (AvgIpc) is 3.20. The third-order valence-corrected chi connectivity index (χ3v) is 11.6. The van der Waals surface area contributed by atoms with E-state index in [0.717, 1.165) is 36.0 Å². The molecule has 2 heterocycles. The molecule has 1 aliphatic heterocycles. The predicted octanol–water partition coefficient (Wildman–Crippen LogP) is 2.23. The normalized spacial score (nSPS) is 13.8. The van der Waals surface area contributed by atoms with Crippen molar-refractivity contribution >= 4 is 63.6 Å². The molecule has 45 heavy (non-hydrogen) atoms. The van der Waals surface area contributed by atoms with E-state index >= 15 is 0 Å². The Kier molecular flexibility index (Phi) is 12.5. The van der Waals surface area contributed by atoms with Gasteiger partial charge >= 0.3 is 271 Å². The number of fused-ring (bicyclic) bond motifs is 1. The fourth-order valence-corrected chi connectivity index (χ4v) is 8.51. The monoisotopic (exact) mass is 720 g/mol. The number of carbonyl (C=O) groups is 1. The van der Waals surface area contributed by atoms with Gasteiger partial charge in [0.25, 0.3) is 0 Å². The zero-order chi connectivity index (χ0) is 32.6. The van der Waals surface area contributed by atoms with E-state index in [4.69, 9.17) is 30.8 Å². The van der Waals surface area contributed by atoms with Crippen LogP contribution in [-0.2, 0) is 32.2 Å². The number of rotatable bonds is 14. The number of amides is 1. The van der Waals surface area contributed by atoms with E-state index in [1.165, 1.54) is 23.4 Å². The van der Waals surface area contributed by atoms with Gasteiger partial charge in [-0.15, -0.1) is 0 Å². The van der Waals surface area contributed by atoms with Crippen molar-refractivity contribution in [2.24, 2.45) is 0 Å². The number of nitrogens with zero attached hydrogens (tertiary/aromatic N) is 4. The van der Waals surface area contributed by atoms with Gasteiger partial charge in [0, 0.05) is 7.11 Å². The number of sulfone groups is 1. The molecule has 0 saturated carbocycles. The first-order valence-corrected chi connectivity index (χ1v) is 18.6. The van der Waals surface area contributed by atoms with Gasteiger partial charge in [-0.3, -0.25) is 0 Å². The minimum absolute atomic E-state index is 0.0154. The van der Waals surface area contributed by atoms with E-state index in [0.29, 0.717) is 48.0 Å². The van der Waals surface area contributed by atoms with Crippen LogP contribution >= 0.6 is 11.6 Å². The molecule has 0 atom stereocenters. The van der Waals surface area contributed by atoms with Gasteiger partial charge in [-0.1, -0.05) is 0 Å². The number of hydrogen-bond donors (Lipinski definition) is 1. The Balaban J connectivity index is 1.58. The molecule has 1 aromatic heterocycles. The fraction of sp³-hybridized carbons (Fsp3) is 0.452. The van der Waals surface area contributed by atoms with Crippen LogP contribution in [0.2, 0.25) is 5.02 Å². The fourth-order valence-electron chi connectivity index (χ4n) is 4.84. The predicted molar refractivity (Wildman–Crippen MR) is 177 cm³/mol. The number of aromatic nitrogens is 2. The van der Waals surface area contributed by atoms with E-state index in [1.54, 1.807) is 45.3 Å². The summed E-state index contributed by atoms with van der Waals surface area (Å²) in [5, 5.41) is 3.41. The second-order valence-corrected chi connectivity index (χ2v) is 15.6. The maximum atomic E-state index is 13.2. The minimum atomic E-state index is -3.62. The molecule has 1 N–H and O–H groups in total. The standard InChI is InChI=1S/C31H40AsClN5O6S/c1-6-15-45(40,41)28-18-23(44-14-13-42-4)7-8-26(28)35-30-25(33)19-34-31(36-30)32-24-16-21-9-11-38(20-29(39)37(2)3)12-10-22(21)17-27(24)43-5/h7-8,16-19H,6,9-15,20H2,1-5H3,(H,34,35,36). The molecular formula is C31H40AsClN5O6S. The SMILES string of the molecule is CCCS(=O)(=O)c1cc(OCCOC)ccc1Nc1nc([As]c2cc3c(cc2OC)CCN(CC(=O)N(C)C)CC3)ncc1Cl. The third kappa shape index (κ3) is 9.33. The molecule has 0 fully saturated rings. The number of nitrogens with one attached hydrogen (secondary N) is 1. The summed E-state index contributed by atoms with van der Waals surface area (Å²) in [6.45, 7) is 4.48. The molecule has 0 saturated heterocycles. The summed E-state index contributed by atoms with van der Waals surface area (Å²) in [5.41, 5.74) is 2.79. The van der Waals surface area contributed by atoms with Gasteiger partial charge in [0.05, 0.1) is 0 Å². The van der Waals surface area contributed by atoms with Gasteiger partial charge in [-0.25, -0.2) is 0 Å². The first kappa shape index (κ1) is 35.0. The van der Waals surface area contributed by atoms with Crippen LogP contribution in [-0.4, -0.2) is 117 Å². The van der Waals surface area contributed by atoms with E-state index in [9.17, 15) is 13.2 Å². The Morgan fingerprint density at radius 2 is 1.84 bits per heavy atom. The molecule has 0 unspecified atom stereocenters. The second kappa shape index (κ2) is 16.1. The second-order valence-electron chi connectivity index (χ2n) is 10.8. The molecule has 243 valence electrons. The van der Waals surface area contributed by atoms with Crippen molar-refractivity contribution in [2.75, 3.05) is 72.2 Å². The molecule has 3 aromatic rings. The Hall–Kier alpha value is -2.89. The molecule has 0 aliphatic carbocycles. The number of anilines is 2. The van der Waals surface area contributed by atoms with Crippen LogP contribution in [0.4, 0.5) is 11.5 Å². The summed E-state index contributed by atoms with van der Waals surface area (Å²) >= 11 is 5.81. The van der Waals surface area contributed by atoms with Crippen LogP contribution in [0, 0.1) is 0 Å². The molecular weight excluding hydrogens is 681 g/mol. The number of benzene rings is 2.